The minimum Gasteiger partial charge on any atom is -0.295 e. The zero-order valence-electron chi connectivity index (χ0n) is 11.3. The van der Waals surface area contributed by atoms with E-state index in [1.807, 2.05) is 25.1 Å². The van der Waals surface area contributed by atoms with E-state index in [9.17, 15) is 9.18 Å². The van der Waals surface area contributed by atoms with E-state index in [1.54, 1.807) is 23.1 Å². The van der Waals surface area contributed by atoms with Crippen LogP contribution in [-0.2, 0) is 4.79 Å². The van der Waals surface area contributed by atoms with Gasteiger partial charge in [0.05, 0.1) is 5.75 Å². The highest BCUT2D eigenvalue weighted by atomic mass is 79.9. The number of carbonyl (C=O) groups excluding carboxylic acids is 1. The smallest absolute Gasteiger partial charge is 0.238 e. The van der Waals surface area contributed by atoms with Crippen molar-refractivity contribution < 1.29 is 9.18 Å². The van der Waals surface area contributed by atoms with Crippen molar-refractivity contribution in [1.82, 2.24) is 0 Å². The lowest BCUT2D eigenvalue weighted by Gasteiger charge is -2.25. The molecule has 0 aromatic heterocycles. The van der Waals surface area contributed by atoms with Gasteiger partial charge in [0.15, 0.2) is 0 Å². The van der Waals surface area contributed by atoms with Crippen molar-refractivity contribution in [2.45, 2.75) is 12.3 Å². The zero-order chi connectivity index (χ0) is 15.0. The number of carbonyl (C=O) groups is 1. The Kier molecular flexibility index (Phi) is 4.04. The van der Waals surface area contributed by atoms with Gasteiger partial charge >= 0.3 is 0 Å². The van der Waals surface area contributed by atoms with Crippen molar-refractivity contribution in [3.8, 4) is 0 Å². The molecule has 1 aliphatic heterocycles. The third-order valence-electron chi connectivity index (χ3n) is 3.46. The van der Waals surface area contributed by atoms with Crippen LogP contribution in [0, 0.1) is 12.7 Å². The molecular formula is C16H13BrFNOS. The van der Waals surface area contributed by atoms with E-state index in [4.69, 9.17) is 0 Å². The van der Waals surface area contributed by atoms with E-state index in [0.717, 1.165) is 15.7 Å². The van der Waals surface area contributed by atoms with Crippen LogP contribution in [0.15, 0.2) is 46.9 Å². The van der Waals surface area contributed by atoms with Gasteiger partial charge in [0.25, 0.3) is 0 Å². The fraction of sp³-hybridized carbons (Fsp3) is 0.188. The molecule has 0 spiro atoms. The standard InChI is InChI=1S/C16H13BrFNOS/c1-10-8-11(6-7-13(10)17)19-15(20)9-21-16(19)12-4-2-3-5-14(12)18/h2-8,16H,9H2,1H3. The minimum atomic E-state index is -0.306. The summed E-state index contributed by atoms with van der Waals surface area (Å²) in [4.78, 5) is 13.9. The Hall–Kier alpha value is -1.33. The third-order valence-corrected chi connectivity index (χ3v) is 5.54. The average molecular weight is 366 g/mol. The Bertz CT molecular complexity index is 706. The van der Waals surface area contributed by atoms with E-state index in [1.165, 1.54) is 17.8 Å². The van der Waals surface area contributed by atoms with Gasteiger partial charge in [-0.3, -0.25) is 9.69 Å². The molecule has 1 heterocycles. The molecule has 1 unspecified atom stereocenters. The number of halogens is 2. The number of aryl methyl sites for hydroxylation is 1. The van der Waals surface area contributed by atoms with Crippen LogP contribution in [0.25, 0.3) is 0 Å². The maximum Gasteiger partial charge on any atom is 0.238 e. The highest BCUT2D eigenvalue weighted by Crippen LogP contribution is 2.43. The number of anilines is 1. The normalized spacial score (nSPS) is 18.3. The molecule has 1 aliphatic rings. The zero-order valence-corrected chi connectivity index (χ0v) is 13.7. The molecule has 0 saturated carbocycles. The van der Waals surface area contributed by atoms with E-state index in [0.29, 0.717) is 11.3 Å². The molecule has 1 fully saturated rings. The van der Waals surface area contributed by atoms with Crippen molar-refractivity contribution in [1.29, 1.82) is 0 Å². The fourth-order valence-electron chi connectivity index (χ4n) is 2.39. The van der Waals surface area contributed by atoms with Crippen molar-refractivity contribution in [3.63, 3.8) is 0 Å². The monoisotopic (exact) mass is 365 g/mol. The molecule has 3 rings (SSSR count). The molecular weight excluding hydrogens is 353 g/mol. The highest BCUT2D eigenvalue weighted by molar-refractivity contribution is 9.10. The van der Waals surface area contributed by atoms with Gasteiger partial charge in [0.2, 0.25) is 5.91 Å². The second kappa shape index (κ2) is 5.81. The van der Waals surface area contributed by atoms with Crippen LogP contribution in [0.1, 0.15) is 16.5 Å². The average Bonchev–Trinajstić information content (AvgIpc) is 2.84. The molecule has 5 heteroatoms. The molecule has 1 amide bonds. The molecule has 0 aliphatic carbocycles. The van der Waals surface area contributed by atoms with Crippen LogP contribution >= 0.6 is 27.7 Å². The largest absolute Gasteiger partial charge is 0.295 e. The SMILES string of the molecule is Cc1cc(N2C(=O)CSC2c2ccccc2F)ccc1Br. The number of benzene rings is 2. The minimum absolute atomic E-state index is 0.00924. The van der Waals surface area contributed by atoms with Crippen molar-refractivity contribution in [2.75, 3.05) is 10.7 Å². The number of hydrogen-bond acceptors (Lipinski definition) is 2. The lowest BCUT2D eigenvalue weighted by molar-refractivity contribution is -0.115. The Morgan fingerprint density at radius 3 is 2.76 bits per heavy atom. The van der Waals surface area contributed by atoms with Crippen molar-refractivity contribution in [2.24, 2.45) is 0 Å². The van der Waals surface area contributed by atoms with E-state index >= 15 is 0 Å². The van der Waals surface area contributed by atoms with E-state index in [2.05, 4.69) is 15.9 Å². The molecule has 2 nitrogen and oxygen atoms in total. The lowest BCUT2D eigenvalue weighted by atomic mass is 10.1. The van der Waals surface area contributed by atoms with Crippen LogP contribution in [0.2, 0.25) is 0 Å². The van der Waals surface area contributed by atoms with Crippen molar-refractivity contribution >= 4 is 39.3 Å². The molecule has 0 bridgehead atoms. The van der Waals surface area contributed by atoms with Crippen LogP contribution < -0.4 is 4.90 Å². The summed E-state index contributed by atoms with van der Waals surface area (Å²) in [6.45, 7) is 1.97. The number of nitrogens with zero attached hydrogens (tertiary/aromatic N) is 1. The van der Waals surface area contributed by atoms with E-state index in [-0.39, 0.29) is 17.1 Å². The summed E-state index contributed by atoms with van der Waals surface area (Å²) >= 11 is 4.91. The Balaban J connectivity index is 2.04. The Morgan fingerprint density at radius 2 is 2.05 bits per heavy atom. The maximum atomic E-state index is 14.0. The summed E-state index contributed by atoms with van der Waals surface area (Å²) < 4.78 is 15.0. The molecule has 1 atom stereocenters. The predicted molar refractivity (Wildman–Crippen MR) is 88.0 cm³/mol. The lowest BCUT2D eigenvalue weighted by Crippen LogP contribution is -2.28. The molecule has 0 radical (unpaired) electrons. The first-order valence-electron chi connectivity index (χ1n) is 6.52. The molecule has 2 aromatic carbocycles. The topological polar surface area (TPSA) is 20.3 Å². The summed E-state index contributed by atoms with van der Waals surface area (Å²) in [6.07, 6.45) is 0. The summed E-state index contributed by atoms with van der Waals surface area (Å²) in [5.74, 6) is 0.104. The van der Waals surface area contributed by atoms with E-state index < -0.39 is 0 Å². The highest BCUT2D eigenvalue weighted by Gasteiger charge is 2.35. The second-order valence-corrected chi connectivity index (χ2v) is 6.80. The van der Waals surface area contributed by atoms with Gasteiger partial charge in [0.1, 0.15) is 11.2 Å². The summed E-state index contributed by atoms with van der Waals surface area (Å²) in [7, 11) is 0. The molecule has 1 saturated heterocycles. The first-order valence-corrected chi connectivity index (χ1v) is 8.36. The summed E-state index contributed by atoms with van der Waals surface area (Å²) in [5, 5.41) is -0.306. The van der Waals surface area contributed by atoms with Crippen LogP contribution in [-0.4, -0.2) is 11.7 Å². The first kappa shape index (κ1) is 14.6. The van der Waals surface area contributed by atoms with Gasteiger partial charge in [-0.25, -0.2) is 4.39 Å². The van der Waals surface area contributed by atoms with Gasteiger partial charge in [0, 0.05) is 15.7 Å². The van der Waals surface area contributed by atoms with Gasteiger partial charge < -0.3 is 0 Å². The van der Waals surface area contributed by atoms with Crippen LogP contribution in [0.3, 0.4) is 0 Å². The number of thioether (sulfide) groups is 1. The summed E-state index contributed by atoms with van der Waals surface area (Å²) in [5.41, 5.74) is 2.40. The number of rotatable bonds is 2. The molecule has 21 heavy (non-hydrogen) atoms. The molecule has 0 N–H and O–H groups in total. The maximum absolute atomic E-state index is 14.0. The third kappa shape index (κ3) is 2.72. The molecule has 2 aromatic rings. The quantitative estimate of drug-likeness (QED) is 0.770. The molecule has 108 valence electrons. The van der Waals surface area contributed by atoms with Gasteiger partial charge in [-0.2, -0.15) is 0 Å². The Labute approximate surface area is 135 Å². The van der Waals surface area contributed by atoms with Crippen molar-refractivity contribution in [3.05, 3.63) is 63.9 Å². The predicted octanol–water partition coefficient (Wildman–Crippen LogP) is 4.68. The van der Waals surface area contributed by atoms with Crippen LogP contribution in [0.4, 0.5) is 10.1 Å². The fourth-order valence-corrected chi connectivity index (χ4v) is 3.83. The van der Waals surface area contributed by atoms with Gasteiger partial charge in [-0.15, -0.1) is 11.8 Å². The second-order valence-electron chi connectivity index (χ2n) is 4.88. The Morgan fingerprint density at radius 1 is 1.29 bits per heavy atom. The first-order chi connectivity index (χ1) is 10.1. The van der Waals surface area contributed by atoms with Crippen LogP contribution in [0.5, 0.6) is 0 Å². The van der Waals surface area contributed by atoms with Gasteiger partial charge in [-0.05, 0) is 36.8 Å². The number of hydrogen-bond donors (Lipinski definition) is 0. The summed E-state index contributed by atoms with van der Waals surface area (Å²) in [6, 6.07) is 12.4. The van der Waals surface area contributed by atoms with Gasteiger partial charge in [-0.1, -0.05) is 34.1 Å². The number of amides is 1.